The summed E-state index contributed by atoms with van der Waals surface area (Å²) in [6.07, 6.45) is 0. The van der Waals surface area contributed by atoms with Crippen molar-refractivity contribution in [3.8, 4) is 34.5 Å². The lowest BCUT2D eigenvalue weighted by molar-refractivity contribution is 0.171. The monoisotopic (exact) mass is 446 g/mol. The Morgan fingerprint density at radius 3 is 2.45 bits per heavy atom. The molecular formula is C21H22N2O7S. The number of nitrogens with one attached hydrogen (secondary N) is 1. The highest BCUT2D eigenvalue weighted by Gasteiger charge is 2.30. The van der Waals surface area contributed by atoms with Crippen LogP contribution in [0.4, 0.5) is 5.88 Å². The molecule has 1 aliphatic rings. The molecule has 1 aromatic heterocycles. The summed E-state index contributed by atoms with van der Waals surface area (Å²) in [4.78, 5) is 4.34. The van der Waals surface area contributed by atoms with Gasteiger partial charge in [0.25, 0.3) is 0 Å². The number of aromatic nitrogens is 1. The van der Waals surface area contributed by atoms with Crippen LogP contribution in [0.1, 0.15) is 6.92 Å². The van der Waals surface area contributed by atoms with E-state index in [9.17, 15) is 8.42 Å². The Balaban J connectivity index is 1.79. The number of benzene rings is 2. The van der Waals surface area contributed by atoms with Gasteiger partial charge in [0.05, 0.1) is 19.1 Å². The van der Waals surface area contributed by atoms with Gasteiger partial charge in [0.15, 0.2) is 23.0 Å². The van der Waals surface area contributed by atoms with Gasteiger partial charge in [0, 0.05) is 18.2 Å². The minimum atomic E-state index is -4.00. The van der Waals surface area contributed by atoms with Gasteiger partial charge in [-0.15, -0.1) is 0 Å². The third-order valence-corrected chi connectivity index (χ3v) is 6.30. The van der Waals surface area contributed by atoms with E-state index in [4.69, 9.17) is 23.4 Å². The van der Waals surface area contributed by atoms with E-state index >= 15 is 0 Å². The zero-order valence-electron chi connectivity index (χ0n) is 17.3. The van der Waals surface area contributed by atoms with E-state index in [0.717, 1.165) is 0 Å². The maximum atomic E-state index is 13.4. The molecule has 2 heterocycles. The summed E-state index contributed by atoms with van der Waals surface area (Å²) >= 11 is 0. The van der Waals surface area contributed by atoms with Crippen LogP contribution >= 0.6 is 0 Å². The molecule has 0 spiro atoms. The molecule has 1 aliphatic heterocycles. The lowest BCUT2D eigenvalue weighted by Gasteiger charge is -2.18. The first-order valence-corrected chi connectivity index (χ1v) is 11.1. The van der Waals surface area contributed by atoms with Crippen LogP contribution in [-0.2, 0) is 9.84 Å². The van der Waals surface area contributed by atoms with Gasteiger partial charge in [-0.1, -0.05) is 0 Å². The van der Waals surface area contributed by atoms with Gasteiger partial charge in [-0.25, -0.2) is 8.42 Å². The first-order chi connectivity index (χ1) is 15.0. The van der Waals surface area contributed by atoms with Crippen LogP contribution in [0.2, 0.25) is 0 Å². The SMILES string of the molecule is CCNc1oc(-c2ccc(OC)c(OC)c2)nc1S(=O)(=O)c1ccc2c(c1)OCCO2. The van der Waals surface area contributed by atoms with E-state index in [1.54, 1.807) is 24.3 Å². The molecule has 4 rings (SSSR count). The van der Waals surface area contributed by atoms with Crippen molar-refractivity contribution in [2.24, 2.45) is 0 Å². The zero-order chi connectivity index (χ0) is 22.0. The second-order valence-corrected chi connectivity index (χ2v) is 8.43. The molecule has 0 unspecified atom stereocenters. The van der Waals surface area contributed by atoms with Crippen LogP contribution in [0, 0.1) is 0 Å². The number of anilines is 1. The van der Waals surface area contributed by atoms with Crippen molar-refractivity contribution < 1.29 is 31.8 Å². The molecule has 1 N–H and O–H groups in total. The normalized spacial score (nSPS) is 13.0. The molecule has 0 bridgehead atoms. The molecule has 2 aromatic carbocycles. The van der Waals surface area contributed by atoms with Crippen LogP contribution in [-0.4, -0.2) is 47.4 Å². The van der Waals surface area contributed by atoms with E-state index in [1.807, 2.05) is 6.92 Å². The largest absolute Gasteiger partial charge is 0.493 e. The van der Waals surface area contributed by atoms with Gasteiger partial charge in [-0.05, 0) is 37.3 Å². The van der Waals surface area contributed by atoms with Crippen LogP contribution in [0.5, 0.6) is 23.0 Å². The summed E-state index contributed by atoms with van der Waals surface area (Å²) in [5.41, 5.74) is 0.542. The minimum Gasteiger partial charge on any atom is -0.493 e. The maximum Gasteiger partial charge on any atom is 0.233 e. The van der Waals surface area contributed by atoms with Gasteiger partial charge in [0.1, 0.15) is 13.2 Å². The molecule has 0 saturated heterocycles. The number of methoxy groups -OCH3 is 2. The van der Waals surface area contributed by atoms with Gasteiger partial charge in [-0.2, -0.15) is 4.98 Å². The molecule has 9 nitrogen and oxygen atoms in total. The van der Waals surface area contributed by atoms with Gasteiger partial charge in [-0.3, -0.25) is 0 Å². The molecule has 164 valence electrons. The topological polar surface area (TPSA) is 109 Å². The fourth-order valence-electron chi connectivity index (χ4n) is 3.16. The average Bonchev–Trinajstić information content (AvgIpc) is 3.23. The van der Waals surface area contributed by atoms with E-state index in [2.05, 4.69) is 10.3 Å². The molecule has 10 heteroatoms. The molecule has 0 radical (unpaired) electrons. The number of ether oxygens (including phenoxy) is 4. The smallest absolute Gasteiger partial charge is 0.233 e. The summed E-state index contributed by atoms with van der Waals surface area (Å²) in [5.74, 6) is 2.08. The van der Waals surface area contributed by atoms with Crippen LogP contribution in [0.15, 0.2) is 50.7 Å². The van der Waals surface area contributed by atoms with E-state index in [-0.39, 0.29) is 21.7 Å². The second-order valence-electron chi connectivity index (χ2n) is 6.56. The summed E-state index contributed by atoms with van der Waals surface area (Å²) < 4.78 is 54.1. The van der Waals surface area contributed by atoms with Crippen molar-refractivity contribution in [1.29, 1.82) is 0 Å². The Morgan fingerprint density at radius 2 is 1.74 bits per heavy atom. The number of hydrogen-bond acceptors (Lipinski definition) is 9. The number of oxazole rings is 1. The highest BCUT2D eigenvalue weighted by Crippen LogP contribution is 2.38. The lowest BCUT2D eigenvalue weighted by Crippen LogP contribution is -2.16. The summed E-state index contributed by atoms with van der Waals surface area (Å²) in [6, 6.07) is 9.54. The van der Waals surface area contributed by atoms with Gasteiger partial charge in [0.2, 0.25) is 26.6 Å². The summed E-state index contributed by atoms with van der Waals surface area (Å²) in [7, 11) is -0.955. The highest BCUT2D eigenvalue weighted by molar-refractivity contribution is 7.91. The molecule has 3 aromatic rings. The Hall–Kier alpha value is -3.40. The van der Waals surface area contributed by atoms with Gasteiger partial charge >= 0.3 is 0 Å². The fourth-order valence-corrected chi connectivity index (χ4v) is 4.45. The Bertz CT molecular complexity index is 1200. The first kappa shape index (κ1) is 20.9. The fraction of sp³-hybridized carbons (Fsp3) is 0.286. The Labute approximate surface area is 179 Å². The average molecular weight is 446 g/mol. The number of nitrogens with zero attached hydrogens (tertiary/aromatic N) is 1. The summed E-state index contributed by atoms with van der Waals surface area (Å²) in [5, 5.41) is 2.72. The molecule has 0 amide bonds. The maximum absolute atomic E-state index is 13.4. The van der Waals surface area contributed by atoms with Crippen molar-refractivity contribution in [2.75, 3.05) is 39.3 Å². The standard InChI is InChI=1S/C21H22N2O7S/c1-4-22-20-21(23-19(30-20)13-5-7-15(26-2)17(11-13)27-3)31(24,25)14-6-8-16-18(12-14)29-10-9-28-16/h5-8,11-12,22H,4,9-10H2,1-3H3. The predicted molar refractivity (Wildman–Crippen MR) is 112 cm³/mol. The number of fused-ring (bicyclic) bond motifs is 1. The van der Waals surface area contributed by atoms with Crippen LogP contribution in [0.25, 0.3) is 11.5 Å². The second kappa shape index (κ2) is 8.38. The molecule has 31 heavy (non-hydrogen) atoms. The van der Waals surface area contributed by atoms with E-state index in [0.29, 0.717) is 48.3 Å². The van der Waals surface area contributed by atoms with Crippen molar-refractivity contribution >= 4 is 15.7 Å². The minimum absolute atomic E-state index is 0.0306. The van der Waals surface area contributed by atoms with Crippen molar-refractivity contribution in [1.82, 2.24) is 4.98 Å². The predicted octanol–water partition coefficient (Wildman–Crippen LogP) is 3.39. The van der Waals surface area contributed by atoms with Crippen molar-refractivity contribution in [3.05, 3.63) is 36.4 Å². The first-order valence-electron chi connectivity index (χ1n) is 9.59. The molecule has 0 atom stereocenters. The highest BCUT2D eigenvalue weighted by atomic mass is 32.2. The van der Waals surface area contributed by atoms with Crippen molar-refractivity contribution in [2.45, 2.75) is 16.8 Å². The quantitative estimate of drug-likeness (QED) is 0.584. The van der Waals surface area contributed by atoms with E-state index < -0.39 is 9.84 Å². The lowest BCUT2D eigenvalue weighted by atomic mass is 10.2. The van der Waals surface area contributed by atoms with Crippen molar-refractivity contribution in [3.63, 3.8) is 0 Å². The number of rotatable bonds is 7. The molecule has 0 saturated carbocycles. The third kappa shape index (κ3) is 3.86. The van der Waals surface area contributed by atoms with Crippen LogP contribution < -0.4 is 24.3 Å². The Kier molecular flexibility index (Phi) is 5.64. The van der Waals surface area contributed by atoms with Gasteiger partial charge < -0.3 is 28.7 Å². The summed E-state index contributed by atoms with van der Waals surface area (Å²) in [6.45, 7) is 3.05. The number of hydrogen-bond donors (Lipinski definition) is 1. The molecule has 0 fully saturated rings. The molecular weight excluding hydrogens is 424 g/mol. The van der Waals surface area contributed by atoms with Crippen LogP contribution in [0.3, 0.4) is 0 Å². The number of sulfone groups is 1. The Morgan fingerprint density at radius 1 is 1.00 bits per heavy atom. The van der Waals surface area contributed by atoms with E-state index in [1.165, 1.54) is 26.4 Å². The third-order valence-electron chi connectivity index (χ3n) is 4.64. The molecule has 0 aliphatic carbocycles. The zero-order valence-corrected chi connectivity index (χ0v) is 18.1.